The number of carboxylic acid groups (broad SMARTS) is 1. The predicted molar refractivity (Wildman–Crippen MR) is 59.4 cm³/mol. The lowest BCUT2D eigenvalue weighted by Crippen LogP contribution is -2.14. The second-order valence-corrected chi connectivity index (χ2v) is 4.30. The third-order valence-corrected chi connectivity index (χ3v) is 2.86. The van der Waals surface area contributed by atoms with Crippen LogP contribution < -0.4 is 15.2 Å². The molecular weight excluding hydrogens is 278 g/mol. The van der Waals surface area contributed by atoms with Crippen LogP contribution in [0.1, 0.15) is 18.0 Å². The molecule has 1 aliphatic rings. The lowest BCUT2D eigenvalue weighted by atomic mass is 10.0. The van der Waals surface area contributed by atoms with Crippen molar-refractivity contribution in [1.82, 2.24) is 0 Å². The second kappa shape index (κ2) is 4.31. The van der Waals surface area contributed by atoms with Gasteiger partial charge in [0.15, 0.2) is 11.5 Å². The van der Waals surface area contributed by atoms with Crippen molar-refractivity contribution in [3.8, 4) is 11.5 Å². The molecule has 1 aromatic carbocycles. The number of benzene rings is 1. The Balaban J connectivity index is 2.29. The summed E-state index contributed by atoms with van der Waals surface area (Å²) in [6.07, 6.45) is -0.119. The highest BCUT2D eigenvalue weighted by Crippen LogP contribution is 2.41. The maximum Gasteiger partial charge on any atom is 0.305 e. The average Bonchev–Trinajstić information content (AvgIpc) is 2.64. The number of carboxylic acids is 1. The molecule has 1 aromatic rings. The standard InChI is InChI=1S/C10H10BrNO4/c11-6-1-5(7(12)3-9(13)14)2-8-10(6)16-4-15-8/h1-2,7H,3-4,12H2,(H,13,14). The van der Waals surface area contributed by atoms with Crippen molar-refractivity contribution in [3.05, 3.63) is 22.2 Å². The van der Waals surface area contributed by atoms with E-state index in [2.05, 4.69) is 15.9 Å². The molecule has 5 nitrogen and oxygen atoms in total. The number of fused-ring (bicyclic) bond motifs is 1. The van der Waals surface area contributed by atoms with Crippen LogP contribution in [0.25, 0.3) is 0 Å². The summed E-state index contributed by atoms with van der Waals surface area (Å²) < 4.78 is 11.2. The third-order valence-electron chi connectivity index (χ3n) is 2.27. The maximum absolute atomic E-state index is 10.6. The summed E-state index contributed by atoms with van der Waals surface area (Å²) in [4.78, 5) is 10.6. The number of carbonyl (C=O) groups is 1. The number of rotatable bonds is 3. The zero-order valence-electron chi connectivity index (χ0n) is 8.27. The van der Waals surface area contributed by atoms with Crippen LogP contribution in [-0.2, 0) is 4.79 Å². The van der Waals surface area contributed by atoms with Crippen molar-refractivity contribution >= 4 is 21.9 Å². The molecule has 1 atom stereocenters. The van der Waals surface area contributed by atoms with E-state index in [9.17, 15) is 4.79 Å². The highest BCUT2D eigenvalue weighted by molar-refractivity contribution is 9.10. The molecule has 0 saturated carbocycles. The minimum Gasteiger partial charge on any atom is -0.481 e. The SMILES string of the molecule is NC(CC(=O)O)c1cc(Br)c2c(c1)OCO2. The van der Waals surface area contributed by atoms with Crippen LogP contribution in [0, 0.1) is 0 Å². The van der Waals surface area contributed by atoms with Gasteiger partial charge in [0, 0.05) is 6.04 Å². The lowest BCUT2D eigenvalue weighted by Gasteiger charge is -2.11. The van der Waals surface area contributed by atoms with Crippen molar-refractivity contribution in [2.75, 3.05) is 6.79 Å². The van der Waals surface area contributed by atoms with Crippen LogP contribution in [0.3, 0.4) is 0 Å². The van der Waals surface area contributed by atoms with Gasteiger partial charge in [-0.2, -0.15) is 0 Å². The fourth-order valence-corrected chi connectivity index (χ4v) is 2.08. The summed E-state index contributed by atoms with van der Waals surface area (Å²) in [7, 11) is 0. The molecule has 1 heterocycles. The minimum atomic E-state index is -0.929. The van der Waals surface area contributed by atoms with Crippen LogP contribution in [-0.4, -0.2) is 17.9 Å². The van der Waals surface area contributed by atoms with Gasteiger partial charge in [-0.25, -0.2) is 0 Å². The van der Waals surface area contributed by atoms with E-state index < -0.39 is 12.0 Å². The van der Waals surface area contributed by atoms with Crippen LogP contribution in [0.2, 0.25) is 0 Å². The molecule has 1 unspecified atom stereocenters. The van der Waals surface area contributed by atoms with Gasteiger partial charge in [0.1, 0.15) is 0 Å². The van der Waals surface area contributed by atoms with E-state index in [1.165, 1.54) is 0 Å². The molecule has 16 heavy (non-hydrogen) atoms. The number of ether oxygens (including phenoxy) is 2. The molecule has 0 amide bonds. The molecule has 0 fully saturated rings. The van der Waals surface area contributed by atoms with E-state index in [0.717, 1.165) is 4.47 Å². The molecule has 0 aliphatic carbocycles. The zero-order chi connectivity index (χ0) is 11.7. The molecular formula is C10H10BrNO4. The molecule has 6 heteroatoms. The monoisotopic (exact) mass is 287 g/mol. The molecule has 1 aliphatic heterocycles. The van der Waals surface area contributed by atoms with Crippen LogP contribution in [0.15, 0.2) is 16.6 Å². The molecule has 3 N–H and O–H groups in total. The van der Waals surface area contributed by atoms with Crippen molar-refractivity contribution in [1.29, 1.82) is 0 Å². The van der Waals surface area contributed by atoms with Crippen molar-refractivity contribution in [2.24, 2.45) is 5.73 Å². The number of hydrogen-bond acceptors (Lipinski definition) is 4. The van der Waals surface area contributed by atoms with Crippen LogP contribution in [0.4, 0.5) is 0 Å². The van der Waals surface area contributed by atoms with Gasteiger partial charge < -0.3 is 20.3 Å². The van der Waals surface area contributed by atoms with E-state index in [0.29, 0.717) is 17.1 Å². The molecule has 0 bridgehead atoms. The van der Waals surface area contributed by atoms with Gasteiger partial charge >= 0.3 is 5.97 Å². The number of halogens is 1. The van der Waals surface area contributed by atoms with E-state index in [4.69, 9.17) is 20.3 Å². The quantitative estimate of drug-likeness (QED) is 0.883. The molecule has 0 saturated heterocycles. The molecule has 86 valence electrons. The predicted octanol–water partition coefficient (Wildman–Crippen LogP) is 1.65. The topological polar surface area (TPSA) is 81.8 Å². The Morgan fingerprint density at radius 3 is 3.00 bits per heavy atom. The summed E-state index contributed by atoms with van der Waals surface area (Å²) >= 11 is 3.32. The minimum absolute atomic E-state index is 0.119. The van der Waals surface area contributed by atoms with Gasteiger partial charge in [0.25, 0.3) is 0 Å². The van der Waals surface area contributed by atoms with Gasteiger partial charge in [-0.15, -0.1) is 0 Å². The maximum atomic E-state index is 10.6. The van der Waals surface area contributed by atoms with Gasteiger partial charge in [0.2, 0.25) is 6.79 Å². The van der Waals surface area contributed by atoms with Gasteiger partial charge in [-0.3, -0.25) is 4.79 Å². The Hall–Kier alpha value is -1.27. The Labute approximate surface area is 100 Å². The second-order valence-electron chi connectivity index (χ2n) is 3.44. The van der Waals surface area contributed by atoms with E-state index in [1.54, 1.807) is 12.1 Å². The Bertz CT molecular complexity index is 435. The summed E-state index contributed by atoms with van der Waals surface area (Å²) in [6.45, 7) is 0.172. The fraction of sp³-hybridized carbons (Fsp3) is 0.300. The Morgan fingerprint density at radius 1 is 1.56 bits per heavy atom. The Kier molecular flexibility index (Phi) is 3.02. The largest absolute Gasteiger partial charge is 0.481 e. The van der Waals surface area contributed by atoms with Gasteiger partial charge in [-0.05, 0) is 33.6 Å². The van der Waals surface area contributed by atoms with E-state index in [1.807, 2.05) is 0 Å². The zero-order valence-corrected chi connectivity index (χ0v) is 9.86. The highest BCUT2D eigenvalue weighted by Gasteiger charge is 2.20. The molecule has 0 aromatic heterocycles. The van der Waals surface area contributed by atoms with Crippen molar-refractivity contribution < 1.29 is 19.4 Å². The first kappa shape index (κ1) is 11.2. The number of nitrogens with two attached hydrogens (primary N) is 1. The van der Waals surface area contributed by atoms with Crippen molar-refractivity contribution in [2.45, 2.75) is 12.5 Å². The summed E-state index contributed by atoms with van der Waals surface area (Å²) in [5.41, 5.74) is 6.47. The fourth-order valence-electron chi connectivity index (χ4n) is 1.51. The summed E-state index contributed by atoms with van der Waals surface area (Å²) in [5.74, 6) is 0.290. The summed E-state index contributed by atoms with van der Waals surface area (Å²) in [5, 5.41) is 8.66. The lowest BCUT2D eigenvalue weighted by molar-refractivity contribution is -0.137. The number of aliphatic carboxylic acids is 1. The first-order chi connectivity index (χ1) is 7.58. The molecule has 0 spiro atoms. The van der Waals surface area contributed by atoms with Gasteiger partial charge in [0.05, 0.1) is 10.9 Å². The number of hydrogen-bond donors (Lipinski definition) is 2. The smallest absolute Gasteiger partial charge is 0.305 e. The normalized spacial score (nSPS) is 14.9. The molecule has 0 radical (unpaired) electrons. The van der Waals surface area contributed by atoms with E-state index >= 15 is 0 Å². The summed E-state index contributed by atoms with van der Waals surface area (Å²) in [6, 6.07) is 2.91. The van der Waals surface area contributed by atoms with Crippen LogP contribution >= 0.6 is 15.9 Å². The van der Waals surface area contributed by atoms with Crippen molar-refractivity contribution in [3.63, 3.8) is 0 Å². The van der Waals surface area contributed by atoms with E-state index in [-0.39, 0.29) is 13.2 Å². The first-order valence-corrected chi connectivity index (χ1v) is 5.43. The highest BCUT2D eigenvalue weighted by atomic mass is 79.9. The average molecular weight is 288 g/mol. The Morgan fingerprint density at radius 2 is 2.31 bits per heavy atom. The van der Waals surface area contributed by atoms with Crippen LogP contribution in [0.5, 0.6) is 11.5 Å². The molecule has 2 rings (SSSR count). The third kappa shape index (κ3) is 2.12. The van der Waals surface area contributed by atoms with Gasteiger partial charge in [-0.1, -0.05) is 0 Å². The first-order valence-electron chi connectivity index (χ1n) is 4.64.